The Morgan fingerprint density at radius 2 is 1.79 bits per heavy atom. The van der Waals surface area contributed by atoms with Crippen LogP contribution in [0.25, 0.3) is 0 Å². The normalized spacial score (nSPS) is 10.5. The molecule has 3 N–H and O–H groups in total. The van der Waals surface area contributed by atoms with Crippen molar-refractivity contribution in [3.63, 3.8) is 0 Å². The smallest absolute Gasteiger partial charge is 0.133 e. The molecule has 1 aromatic carbocycles. The molecule has 1 heterocycles. The second-order valence-corrected chi connectivity index (χ2v) is 4.72. The van der Waals surface area contributed by atoms with Crippen LogP contribution in [0.4, 0.5) is 17.2 Å². The summed E-state index contributed by atoms with van der Waals surface area (Å²) in [5.41, 5.74) is 11.3. The number of hydrogen-bond donors (Lipinski definition) is 2. The monoisotopic (exact) mass is 255 g/mol. The number of hydrogen-bond acceptors (Lipinski definition) is 3. The fourth-order valence-corrected chi connectivity index (χ4v) is 2.25. The third-order valence-corrected chi connectivity index (χ3v) is 3.34. The summed E-state index contributed by atoms with van der Waals surface area (Å²) in [6.45, 7) is 6.36. The Hall–Kier alpha value is -2.03. The minimum atomic E-state index is 0.697. The van der Waals surface area contributed by atoms with E-state index in [9.17, 15) is 0 Å². The fourth-order valence-electron chi connectivity index (χ4n) is 2.25. The maximum absolute atomic E-state index is 5.74. The highest BCUT2D eigenvalue weighted by Crippen LogP contribution is 2.27. The molecule has 0 amide bonds. The molecule has 0 aliphatic carbocycles. The summed E-state index contributed by atoms with van der Waals surface area (Å²) in [6.07, 6.45) is 3.70. The van der Waals surface area contributed by atoms with Gasteiger partial charge in [0.2, 0.25) is 0 Å². The predicted octanol–water partition coefficient (Wildman–Crippen LogP) is 3.84. The van der Waals surface area contributed by atoms with E-state index in [1.807, 2.05) is 13.0 Å². The zero-order chi connectivity index (χ0) is 13.8. The maximum Gasteiger partial charge on any atom is 0.133 e. The highest BCUT2D eigenvalue weighted by molar-refractivity contribution is 5.67. The van der Waals surface area contributed by atoms with Crippen molar-refractivity contribution in [1.82, 2.24) is 4.98 Å². The van der Waals surface area contributed by atoms with Crippen LogP contribution in [-0.2, 0) is 12.8 Å². The van der Waals surface area contributed by atoms with Gasteiger partial charge in [-0.25, -0.2) is 4.98 Å². The van der Waals surface area contributed by atoms with Crippen molar-refractivity contribution in [2.45, 2.75) is 33.6 Å². The third kappa shape index (κ3) is 2.87. The molecular weight excluding hydrogens is 234 g/mol. The number of nitrogens with zero attached hydrogens (tertiary/aromatic N) is 1. The van der Waals surface area contributed by atoms with Gasteiger partial charge in [0, 0.05) is 5.69 Å². The van der Waals surface area contributed by atoms with Crippen LogP contribution in [0.1, 0.15) is 30.5 Å². The summed E-state index contributed by atoms with van der Waals surface area (Å²) in [5, 5.41) is 3.47. The van der Waals surface area contributed by atoms with E-state index in [1.165, 1.54) is 16.8 Å². The van der Waals surface area contributed by atoms with Crippen LogP contribution in [0.2, 0.25) is 0 Å². The second kappa shape index (κ2) is 5.74. The zero-order valence-electron chi connectivity index (χ0n) is 11.8. The highest BCUT2D eigenvalue weighted by atomic mass is 15.0. The van der Waals surface area contributed by atoms with E-state index in [4.69, 9.17) is 5.73 Å². The first-order chi connectivity index (χ1) is 9.15. The first-order valence-electron chi connectivity index (χ1n) is 6.75. The lowest BCUT2D eigenvalue weighted by Crippen LogP contribution is -2.03. The zero-order valence-corrected chi connectivity index (χ0v) is 11.8. The van der Waals surface area contributed by atoms with Gasteiger partial charge in [-0.15, -0.1) is 0 Å². The molecule has 0 unspecified atom stereocenters. The van der Waals surface area contributed by atoms with Crippen LogP contribution in [-0.4, -0.2) is 4.98 Å². The van der Waals surface area contributed by atoms with Gasteiger partial charge in [0.15, 0.2) is 0 Å². The van der Waals surface area contributed by atoms with Crippen molar-refractivity contribution in [3.05, 3.63) is 47.2 Å². The van der Waals surface area contributed by atoms with Crippen molar-refractivity contribution < 1.29 is 0 Å². The molecule has 2 aromatic rings. The molecule has 0 saturated carbocycles. The van der Waals surface area contributed by atoms with Gasteiger partial charge in [0.05, 0.1) is 11.9 Å². The predicted molar refractivity (Wildman–Crippen MR) is 81.9 cm³/mol. The van der Waals surface area contributed by atoms with Crippen LogP contribution >= 0.6 is 0 Å². The van der Waals surface area contributed by atoms with Crippen LogP contribution in [0, 0.1) is 6.92 Å². The average Bonchev–Trinajstić information content (AvgIpc) is 2.42. The topological polar surface area (TPSA) is 50.9 Å². The number of aryl methyl sites for hydroxylation is 3. The minimum absolute atomic E-state index is 0.697. The number of nitrogens with two attached hydrogens (primary N) is 1. The Kier molecular flexibility index (Phi) is 4.05. The van der Waals surface area contributed by atoms with E-state index in [-0.39, 0.29) is 0 Å². The third-order valence-electron chi connectivity index (χ3n) is 3.34. The van der Waals surface area contributed by atoms with Gasteiger partial charge in [-0.3, -0.25) is 0 Å². The van der Waals surface area contributed by atoms with E-state index in [1.54, 1.807) is 6.20 Å². The van der Waals surface area contributed by atoms with Crippen molar-refractivity contribution >= 4 is 17.2 Å². The van der Waals surface area contributed by atoms with Crippen molar-refractivity contribution in [3.8, 4) is 0 Å². The summed E-state index contributed by atoms with van der Waals surface area (Å²) in [6, 6.07) is 8.38. The van der Waals surface area contributed by atoms with E-state index in [2.05, 4.69) is 42.3 Å². The number of rotatable bonds is 4. The second-order valence-electron chi connectivity index (χ2n) is 4.72. The summed E-state index contributed by atoms with van der Waals surface area (Å²) < 4.78 is 0. The molecule has 100 valence electrons. The largest absolute Gasteiger partial charge is 0.397 e. The average molecular weight is 255 g/mol. The Bertz CT molecular complexity index is 554. The van der Waals surface area contributed by atoms with Gasteiger partial charge in [-0.05, 0) is 42.5 Å². The molecule has 3 heteroatoms. The van der Waals surface area contributed by atoms with E-state index < -0.39 is 0 Å². The van der Waals surface area contributed by atoms with E-state index >= 15 is 0 Å². The number of nitrogens with one attached hydrogen (secondary N) is 1. The van der Waals surface area contributed by atoms with E-state index in [0.29, 0.717) is 5.69 Å². The summed E-state index contributed by atoms with van der Waals surface area (Å²) in [4.78, 5) is 4.39. The molecule has 1 aromatic heterocycles. The Balaban J connectivity index is 2.42. The Morgan fingerprint density at radius 1 is 1.16 bits per heavy atom. The molecule has 0 atom stereocenters. The van der Waals surface area contributed by atoms with Gasteiger partial charge in [0.25, 0.3) is 0 Å². The van der Waals surface area contributed by atoms with Gasteiger partial charge < -0.3 is 11.1 Å². The standard InChI is InChI=1S/C16H21N3/c1-4-12-7-6-8-13(5-2)15(12)19-16-11(3)9-14(17)10-18-16/h6-10H,4-5,17H2,1-3H3,(H,18,19). The summed E-state index contributed by atoms with van der Waals surface area (Å²) in [7, 11) is 0. The van der Waals surface area contributed by atoms with Crippen molar-refractivity contribution in [2.24, 2.45) is 0 Å². The fraction of sp³-hybridized carbons (Fsp3) is 0.312. The van der Waals surface area contributed by atoms with Gasteiger partial charge in [-0.2, -0.15) is 0 Å². The minimum Gasteiger partial charge on any atom is -0.397 e. The number of para-hydroxylation sites is 1. The maximum atomic E-state index is 5.74. The molecule has 0 aliphatic heterocycles. The lowest BCUT2D eigenvalue weighted by molar-refractivity contribution is 1.08. The van der Waals surface area contributed by atoms with Crippen LogP contribution in [0.15, 0.2) is 30.5 Å². The molecule has 0 saturated heterocycles. The van der Waals surface area contributed by atoms with Gasteiger partial charge >= 0.3 is 0 Å². The Labute approximate surface area is 114 Å². The van der Waals surface area contributed by atoms with Crippen molar-refractivity contribution in [2.75, 3.05) is 11.1 Å². The van der Waals surface area contributed by atoms with E-state index in [0.717, 1.165) is 24.2 Å². The quantitative estimate of drug-likeness (QED) is 0.872. The molecule has 0 radical (unpaired) electrons. The SMILES string of the molecule is CCc1cccc(CC)c1Nc1ncc(N)cc1C. The lowest BCUT2D eigenvalue weighted by Gasteiger charge is -2.16. The number of aromatic nitrogens is 1. The van der Waals surface area contributed by atoms with Gasteiger partial charge in [0.1, 0.15) is 5.82 Å². The first kappa shape index (κ1) is 13.4. The molecule has 3 nitrogen and oxygen atoms in total. The molecule has 0 aliphatic rings. The first-order valence-corrected chi connectivity index (χ1v) is 6.75. The lowest BCUT2D eigenvalue weighted by atomic mass is 10.0. The Morgan fingerprint density at radius 3 is 2.32 bits per heavy atom. The van der Waals surface area contributed by atoms with Crippen LogP contribution in [0.3, 0.4) is 0 Å². The molecule has 19 heavy (non-hydrogen) atoms. The summed E-state index contributed by atoms with van der Waals surface area (Å²) in [5.74, 6) is 0.879. The molecule has 2 rings (SSSR count). The highest BCUT2D eigenvalue weighted by Gasteiger charge is 2.08. The molecule has 0 spiro atoms. The molecule has 0 bridgehead atoms. The van der Waals surface area contributed by atoms with Crippen molar-refractivity contribution in [1.29, 1.82) is 0 Å². The number of benzene rings is 1. The summed E-state index contributed by atoms with van der Waals surface area (Å²) >= 11 is 0. The molecule has 0 fully saturated rings. The molecular formula is C16H21N3. The van der Waals surface area contributed by atoms with Crippen LogP contribution in [0.5, 0.6) is 0 Å². The number of nitrogen functional groups attached to an aromatic ring is 1. The van der Waals surface area contributed by atoms with Crippen LogP contribution < -0.4 is 11.1 Å². The number of pyridine rings is 1. The van der Waals surface area contributed by atoms with Gasteiger partial charge in [-0.1, -0.05) is 32.0 Å². The number of anilines is 3.